The fraction of sp³-hybridized carbons (Fsp3) is 0.167. The normalized spacial score (nSPS) is 11.2. The van der Waals surface area contributed by atoms with Gasteiger partial charge in [-0.05, 0) is 6.07 Å². The molecule has 2 aromatic rings. The Kier molecular flexibility index (Phi) is 3.96. The first kappa shape index (κ1) is 13.3. The number of nitro groups is 1. The van der Waals surface area contributed by atoms with Gasteiger partial charge < -0.3 is 0 Å². The Labute approximate surface area is 114 Å². The molecule has 0 saturated heterocycles. The van der Waals surface area contributed by atoms with Gasteiger partial charge in [-0.2, -0.15) is 12.6 Å². The third-order valence-corrected chi connectivity index (χ3v) is 2.80. The van der Waals surface area contributed by atoms with Gasteiger partial charge in [0.1, 0.15) is 0 Å². The van der Waals surface area contributed by atoms with Crippen molar-refractivity contribution in [1.82, 2.24) is 9.55 Å². The second-order valence-electron chi connectivity index (χ2n) is 3.81. The molecule has 0 spiro atoms. The van der Waals surface area contributed by atoms with Gasteiger partial charge in [0.05, 0.1) is 22.2 Å². The largest absolute Gasteiger partial charge is 0.295 e. The number of thiol groups is 1. The second kappa shape index (κ2) is 5.66. The van der Waals surface area contributed by atoms with E-state index >= 15 is 0 Å². The topological polar surface area (TPSA) is 78.0 Å². The van der Waals surface area contributed by atoms with E-state index < -0.39 is 4.92 Å². The van der Waals surface area contributed by atoms with Crippen LogP contribution in [0.5, 0.6) is 0 Å². The molecule has 0 radical (unpaired) electrons. The predicted molar refractivity (Wildman–Crippen MR) is 75.7 cm³/mol. The highest BCUT2D eigenvalue weighted by atomic mass is 32.1. The van der Waals surface area contributed by atoms with E-state index in [0.717, 1.165) is 0 Å². The fourth-order valence-electron chi connectivity index (χ4n) is 1.65. The predicted octanol–water partition coefficient (Wildman–Crippen LogP) is 1.79. The summed E-state index contributed by atoms with van der Waals surface area (Å²) in [7, 11) is 0. The van der Waals surface area contributed by atoms with Crippen molar-refractivity contribution in [1.29, 1.82) is 0 Å². The van der Waals surface area contributed by atoms with Crippen molar-refractivity contribution < 1.29 is 4.92 Å². The summed E-state index contributed by atoms with van der Waals surface area (Å²) in [6.45, 7) is 0.366. The lowest BCUT2D eigenvalue weighted by molar-refractivity contribution is -0.384. The number of fused-ring (bicyclic) bond motifs is 1. The molecular formula is C12H11N3O3S. The van der Waals surface area contributed by atoms with Crippen LogP contribution >= 0.6 is 12.6 Å². The van der Waals surface area contributed by atoms with Crippen molar-refractivity contribution in [2.75, 3.05) is 5.75 Å². The molecule has 98 valence electrons. The van der Waals surface area contributed by atoms with Gasteiger partial charge in [-0.3, -0.25) is 19.5 Å². The molecule has 0 aliphatic carbocycles. The van der Waals surface area contributed by atoms with Gasteiger partial charge in [0, 0.05) is 24.4 Å². The molecule has 1 heterocycles. The third kappa shape index (κ3) is 2.82. The van der Waals surface area contributed by atoms with Gasteiger partial charge in [-0.1, -0.05) is 12.2 Å². The fourth-order valence-corrected chi connectivity index (χ4v) is 1.80. The summed E-state index contributed by atoms with van der Waals surface area (Å²) in [6.07, 6.45) is 5.03. The highest BCUT2D eigenvalue weighted by Gasteiger charge is 2.10. The number of nitro benzene ring substituents is 1. The summed E-state index contributed by atoms with van der Waals surface area (Å²) in [5.41, 5.74) is 0.0394. The van der Waals surface area contributed by atoms with Crippen molar-refractivity contribution in [2.24, 2.45) is 0 Å². The Bertz CT molecular complexity index is 709. The van der Waals surface area contributed by atoms with Gasteiger partial charge in [-0.15, -0.1) is 0 Å². The van der Waals surface area contributed by atoms with E-state index in [-0.39, 0.29) is 16.6 Å². The number of benzene rings is 1. The first-order valence-corrected chi connectivity index (χ1v) is 6.16. The highest BCUT2D eigenvalue weighted by Crippen LogP contribution is 2.16. The number of non-ortho nitro benzene ring substituents is 1. The zero-order valence-corrected chi connectivity index (χ0v) is 10.8. The monoisotopic (exact) mass is 277 g/mol. The number of allylic oxidation sites excluding steroid dienone is 1. The molecule has 19 heavy (non-hydrogen) atoms. The zero-order chi connectivity index (χ0) is 13.8. The van der Waals surface area contributed by atoms with Crippen LogP contribution in [0.1, 0.15) is 0 Å². The maximum atomic E-state index is 12.1. The molecule has 6 nitrogen and oxygen atoms in total. The van der Waals surface area contributed by atoms with E-state index in [0.29, 0.717) is 17.8 Å². The molecule has 0 aliphatic heterocycles. The van der Waals surface area contributed by atoms with Crippen molar-refractivity contribution in [2.45, 2.75) is 6.54 Å². The lowest BCUT2D eigenvalue weighted by Crippen LogP contribution is -2.20. The Hall–Kier alpha value is -2.15. The maximum absolute atomic E-state index is 12.1. The summed E-state index contributed by atoms with van der Waals surface area (Å²) in [6, 6.07) is 4.06. The number of hydrogen-bond donors (Lipinski definition) is 1. The average Bonchev–Trinajstić information content (AvgIpc) is 2.41. The summed E-state index contributed by atoms with van der Waals surface area (Å²) < 4.78 is 1.39. The van der Waals surface area contributed by atoms with Gasteiger partial charge in [0.2, 0.25) is 0 Å². The summed E-state index contributed by atoms with van der Waals surface area (Å²) in [5, 5.41) is 11.0. The molecule has 0 fully saturated rings. The molecule has 0 aliphatic rings. The Morgan fingerprint density at radius 1 is 1.42 bits per heavy atom. The molecule has 0 unspecified atom stereocenters. The van der Waals surface area contributed by atoms with Crippen LogP contribution in [0.3, 0.4) is 0 Å². The SMILES string of the molecule is O=c1c2cc([N+](=O)[O-])ccc2ncn1CC=CCS. The van der Waals surface area contributed by atoms with Crippen LogP contribution in [0.4, 0.5) is 5.69 Å². The Morgan fingerprint density at radius 3 is 2.89 bits per heavy atom. The Balaban J connectivity index is 2.52. The zero-order valence-electron chi connectivity index (χ0n) is 9.89. The van der Waals surface area contributed by atoms with E-state index in [1.54, 1.807) is 6.08 Å². The molecule has 1 aromatic heterocycles. The number of rotatable bonds is 4. The van der Waals surface area contributed by atoms with Crippen LogP contribution < -0.4 is 5.56 Å². The van der Waals surface area contributed by atoms with Crippen molar-refractivity contribution >= 4 is 29.2 Å². The van der Waals surface area contributed by atoms with Crippen LogP contribution in [-0.4, -0.2) is 20.2 Å². The Morgan fingerprint density at radius 2 is 2.21 bits per heavy atom. The van der Waals surface area contributed by atoms with E-state index in [1.807, 2.05) is 6.08 Å². The van der Waals surface area contributed by atoms with Gasteiger partial charge in [-0.25, -0.2) is 4.98 Å². The standard InChI is InChI=1S/C12H11N3O3S/c16-12-10-7-9(15(17)18)3-4-11(10)13-8-14(12)5-1-2-6-19/h1-4,7-8,19H,5-6H2. The number of hydrogen-bond acceptors (Lipinski definition) is 5. The second-order valence-corrected chi connectivity index (χ2v) is 4.18. The maximum Gasteiger partial charge on any atom is 0.270 e. The molecule has 0 atom stereocenters. The van der Waals surface area contributed by atoms with E-state index in [4.69, 9.17) is 0 Å². The van der Waals surface area contributed by atoms with Gasteiger partial charge in [0.25, 0.3) is 11.2 Å². The van der Waals surface area contributed by atoms with E-state index in [9.17, 15) is 14.9 Å². The molecule has 0 saturated carbocycles. The minimum Gasteiger partial charge on any atom is -0.295 e. The van der Waals surface area contributed by atoms with Crippen molar-refractivity contribution in [3.8, 4) is 0 Å². The quantitative estimate of drug-likeness (QED) is 0.400. The average molecular weight is 277 g/mol. The lowest BCUT2D eigenvalue weighted by Gasteiger charge is -2.03. The number of nitrogens with zero attached hydrogens (tertiary/aromatic N) is 3. The number of aromatic nitrogens is 2. The van der Waals surface area contributed by atoms with Gasteiger partial charge in [0.15, 0.2) is 0 Å². The summed E-state index contributed by atoms with van der Waals surface area (Å²) in [4.78, 5) is 26.4. The lowest BCUT2D eigenvalue weighted by atomic mass is 10.2. The van der Waals surface area contributed by atoms with Crippen LogP contribution in [0, 0.1) is 10.1 Å². The molecule has 0 N–H and O–H groups in total. The molecule has 0 amide bonds. The molecule has 0 bridgehead atoms. The molecule has 1 aromatic carbocycles. The van der Waals surface area contributed by atoms with Crippen molar-refractivity contribution in [3.63, 3.8) is 0 Å². The first-order chi connectivity index (χ1) is 9.13. The van der Waals surface area contributed by atoms with Crippen LogP contribution in [0.15, 0.2) is 41.5 Å². The van der Waals surface area contributed by atoms with Crippen LogP contribution in [0.2, 0.25) is 0 Å². The van der Waals surface area contributed by atoms with E-state index in [1.165, 1.54) is 29.1 Å². The smallest absolute Gasteiger partial charge is 0.270 e. The van der Waals surface area contributed by atoms with E-state index in [2.05, 4.69) is 17.6 Å². The minimum absolute atomic E-state index is 0.116. The first-order valence-electron chi connectivity index (χ1n) is 5.53. The van der Waals surface area contributed by atoms with Crippen molar-refractivity contribution in [3.05, 3.63) is 57.1 Å². The molecule has 7 heteroatoms. The summed E-state index contributed by atoms with van der Waals surface area (Å²) >= 11 is 4.02. The highest BCUT2D eigenvalue weighted by molar-refractivity contribution is 7.80. The van der Waals surface area contributed by atoms with Crippen LogP contribution in [-0.2, 0) is 6.54 Å². The summed E-state index contributed by atoms with van der Waals surface area (Å²) in [5.74, 6) is 0.585. The van der Waals surface area contributed by atoms with Gasteiger partial charge >= 0.3 is 0 Å². The third-order valence-electron chi connectivity index (χ3n) is 2.59. The molecular weight excluding hydrogens is 266 g/mol. The molecule has 2 rings (SSSR count). The minimum atomic E-state index is -0.531. The van der Waals surface area contributed by atoms with Crippen LogP contribution in [0.25, 0.3) is 10.9 Å².